The van der Waals surface area contributed by atoms with Crippen LogP contribution in [-0.2, 0) is 9.53 Å². The van der Waals surface area contributed by atoms with Crippen LogP contribution < -0.4 is 0 Å². The molecule has 0 saturated heterocycles. The highest BCUT2D eigenvalue weighted by Gasteiger charge is 2.18. The summed E-state index contributed by atoms with van der Waals surface area (Å²) in [6.07, 6.45) is 11.3. The lowest BCUT2D eigenvalue weighted by atomic mass is 10.1. The third-order valence-electron chi connectivity index (χ3n) is 4.08. The van der Waals surface area contributed by atoms with Crippen molar-refractivity contribution < 1.29 is 14.6 Å². The lowest BCUT2D eigenvalue weighted by Crippen LogP contribution is -2.16. The molecule has 3 nitrogen and oxygen atoms in total. The highest BCUT2D eigenvalue weighted by atomic mass is 16.5. The molecule has 0 heterocycles. The quantitative estimate of drug-likeness (QED) is 0.402. The second-order valence-corrected chi connectivity index (χ2v) is 6.16. The van der Waals surface area contributed by atoms with Crippen LogP contribution in [0.2, 0.25) is 0 Å². The molecule has 1 atom stereocenters. The molecule has 1 rings (SSSR count). The minimum absolute atomic E-state index is 0.402. The van der Waals surface area contributed by atoms with Crippen molar-refractivity contribution in [3.63, 3.8) is 0 Å². The Kier molecular flexibility index (Phi) is 11.2. The predicted octanol–water partition coefficient (Wildman–Crippen LogP) is 5.18. The Morgan fingerprint density at radius 2 is 1.43 bits per heavy atom. The van der Waals surface area contributed by atoms with Gasteiger partial charge in [-0.2, -0.15) is 0 Å². The Labute approximate surface area is 141 Å². The zero-order chi connectivity index (χ0) is 16.8. The second kappa shape index (κ2) is 13.1. The molecule has 0 aromatic heterocycles. The van der Waals surface area contributed by atoms with Crippen LogP contribution in [0.3, 0.4) is 0 Å². The van der Waals surface area contributed by atoms with Crippen molar-refractivity contribution in [2.75, 3.05) is 6.61 Å². The molecule has 23 heavy (non-hydrogen) atoms. The van der Waals surface area contributed by atoms with Crippen LogP contribution in [0.15, 0.2) is 30.3 Å². The fourth-order valence-electron chi connectivity index (χ4n) is 2.61. The number of carbonyl (C=O) groups is 1. The summed E-state index contributed by atoms with van der Waals surface area (Å²) in [5.74, 6) is -0.549. The van der Waals surface area contributed by atoms with Gasteiger partial charge in [0.05, 0.1) is 6.61 Å². The molecule has 1 aromatic carbocycles. The number of rotatable bonds is 13. The van der Waals surface area contributed by atoms with E-state index in [0.717, 1.165) is 12.8 Å². The van der Waals surface area contributed by atoms with Gasteiger partial charge >= 0.3 is 5.97 Å². The Bertz CT molecular complexity index is 403. The third-order valence-corrected chi connectivity index (χ3v) is 4.08. The summed E-state index contributed by atoms with van der Waals surface area (Å²) in [7, 11) is 0. The zero-order valence-corrected chi connectivity index (χ0v) is 14.5. The fraction of sp³-hybridized carbons (Fsp3) is 0.650. The molecule has 0 unspecified atom stereocenters. The summed E-state index contributed by atoms with van der Waals surface area (Å²) in [6.45, 7) is 2.64. The number of aliphatic hydroxyl groups excluding tert-OH is 1. The van der Waals surface area contributed by atoms with Crippen LogP contribution in [0.5, 0.6) is 0 Å². The van der Waals surface area contributed by atoms with E-state index in [2.05, 4.69) is 6.92 Å². The molecule has 0 amide bonds. The molecular formula is C20H32O3. The van der Waals surface area contributed by atoms with E-state index in [0.29, 0.717) is 12.2 Å². The maximum absolute atomic E-state index is 11.7. The molecule has 1 aromatic rings. The summed E-state index contributed by atoms with van der Waals surface area (Å²) in [6, 6.07) is 8.91. The van der Waals surface area contributed by atoms with Crippen molar-refractivity contribution in [1.29, 1.82) is 0 Å². The SMILES string of the molecule is CCCCCCCCCCCCOC(=O)[C@H](O)c1ccccc1. The number of hydrogen-bond donors (Lipinski definition) is 1. The zero-order valence-electron chi connectivity index (χ0n) is 14.5. The smallest absolute Gasteiger partial charge is 0.339 e. The summed E-state index contributed by atoms with van der Waals surface area (Å²) < 4.78 is 5.14. The van der Waals surface area contributed by atoms with Crippen LogP contribution in [0, 0.1) is 0 Å². The standard InChI is InChI=1S/C20H32O3/c1-2-3-4-5-6-7-8-9-10-14-17-23-20(22)19(21)18-15-12-11-13-16-18/h11-13,15-16,19,21H,2-10,14,17H2,1H3/t19-/m1/s1. The number of aliphatic hydroxyl groups is 1. The van der Waals surface area contributed by atoms with Gasteiger partial charge in [0.2, 0.25) is 0 Å². The maximum Gasteiger partial charge on any atom is 0.339 e. The van der Waals surface area contributed by atoms with Crippen molar-refractivity contribution in [1.82, 2.24) is 0 Å². The highest BCUT2D eigenvalue weighted by molar-refractivity contribution is 5.76. The Hall–Kier alpha value is -1.35. The van der Waals surface area contributed by atoms with Crippen molar-refractivity contribution in [3.8, 4) is 0 Å². The first-order chi connectivity index (χ1) is 11.3. The molecule has 0 aliphatic heterocycles. The highest BCUT2D eigenvalue weighted by Crippen LogP contribution is 2.14. The van der Waals surface area contributed by atoms with Crippen molar-refractivity contribution in [3.05, 3.63) is 35.9 Å². The largest absolute Gasteiger partial charge is 0.464 e. The minimum atomic E-state index is -1.17. The summed E-state index contributed by atoms with van der Waals surface area (Å²) in [5, 5.41) is 9.88. The Morgan fingerprint density at radius 1 is 0.913 bits per heavy atom. The van der Waals surface area contributed by atoms with E-state index in [1.54, 1.807) is 24.3 Å². The van der Waals surface area contributed by atoms with Gasteiger partial charge in [-0.15, -0.1) is 0 Å². The lowest BCUT2D eigenvalue weighted by Gasteiger charge is -2.10. The molecule has 0 bridgehead atoms. The third kappa shape index (κ3) is 9.39. The average molecular weight is 320 g/mol. The first-order valence-electron chi connectivity index (χ1n) is 9.15. The first-order valence-corrected chi connectivity index (χ1v) is 9.15. The minimum Gasteiger partial charge on any atom is -0.464 e. The van der Waals surface area contributed by atoms with Gasteiger partial charge in [0.1, 0.15) is 0 Å². The van der Waals surface area contributed by atoms with Gasteiger partial charge in [0, 0.05) is 0 Å². The van der Waals surface area contributed by atoms with E-state index in [4.69, 9.17) is 4.74 Å². The molecule has 1 N–H and O–H groups in total. The Morgan fingerprint density at radius 3 is 2.00 bits per heavy atom. The van der Waals surface area contributed by atoms with Gasteiger partial charge in [0.15, 0.2) is 6.10 Å². The number of ether oxygens (including phenoxy) is 1. The van der Waals surface area contributed by atoms with Gasteiger partial charge in [0.25, 0.3) is 0 Å². The fourth-order valence-corrected chi connectivity index (χ4v) is 2.61. The normalized spacial score (nSPS) is 12.1. The van der Waals surface area contributed by atoms with E-state index in [1.807, 2.05) is 6.07 Å². The summed E-state index contributed by atoms with van der Waals surface area (Å²) in [5.41, 5.74) is 0.584. The molecule has 0 fully saturated rings. The molecule has 0 spiro atoms. The monoisotopic (exact) mass is 320 g/mol. The molecule has 0 aliphatic carbocycles. The molecular weight excluding hydrogens is 288 g/mol. The van der Waals surface area contributed by atoms with Gasteiger partial charge < -0.3 is 9.84 Å². The molecule has 130 valence electrons. The first kappa shape index (κ1) is 19.7. The average Bonchev–Trinajstić information content (AvgIpc) is 2.59. The van der Waals surface area contributed by atoms with E-state index >= 15 is 0 Å². The van der Waals surface area contributed by atoms with Crippen LogP contribution in [-0.4, -0.2) is 17.7 Å². The van der Waals surface area contributed by atoms with Crippen LogP contribution in [0.4, 0.5) is 0 Å². The topological polar surface area (TPSA) is 46.5 Å². The molecule has 0 radical (unpaired) electrons. The summed E-state index contributed by atoms with van der Waals surface area (Å²) in [4.78, 5) is 11.7. The predicted molar refractivity (Wildman–Crippen MR) is 94.2 cm³/mol. The number of unbranched alkanes of at least 4 members (excludes halogenated alkanes) is 9. The van der Waals surface area contributed by atoms with Gasteiger partial charge in [-0.3, -0.25) is 0 Å². The number of benzene rings is 1. The van der Waals surface area contributed by atoms with Crippen molar-refractivity contribution in [2.45, 2.75) is 77.2 Å². The number of esters is 1. The number of hydrogen-bond acceptors (Lipinski definition) is 3. The molecule has 3 heteroatoms. The Balaban J connectivity index is 1.95. The van der Waals surface area contributed by atoms with E-state index < -0.39 is 12.1 Å². The van der Waals surface area contributed by atoms with Crippen LogP contribution >= 0.6 is 0 Å². The van der Waals surface area contributed by atoms with Crippen molar-refractivity contribution >= 4 is 5.97 Å². The van der Waals surface area contributed by atoms with E-state index in [-0.39, 0.29) is 0 Å². The van der Waals surface area contributed by atoms with Gasteiger partial charge in [-0.05, 0) is 12.0 Å². The van der Waals surface area contributed by atoms with Gasteiger partial charge in [-0.25, -0.2) is 4.79 Å². The maximum atomic E-state index is 11.7. The molecule has 0 saturated carbocycles. The second-order valence-electron chi connectivity index (χ2n) is 6.16. The summed E-state index contributed by atoms with van der Waals surface area (Å²) >= 11 is 0. The van der Waals surface area contributed by atoms with Gasteiger partial charge in [-0.1, -0.05) is 95.0 Å². The molecule has 0 aliphatic rings. The van der Waals surface area contributed by atoms with E-state index in [9.17, 15) is 9.90 Å². The van der Waals surface area contributed by atoms with Crippen LogP contribution in [0.25, 0.3) is 0 Å². The lowest BCUT2D eigenvalue weighted by molar-refractivity contribution is -0.154. The van der Waals surface area contributed by atoms with Crippen LogP contribution in [0.1, 0.15) is 82.8 Å². The van der Waals surface area contributed by atoms with Crippen molar-refractivity contribution in [2.24, 2.45) is 0 Å². The number of carbonyl (C=O) groups excluding carboxylic acids is 1. The van der Waals surface area contributed by atoms with E-state index in [1.165, 1.54) is 51.4 Å².